The van der Waals surface area contributed by atoms with Crippen molar-refractivity contribution in [2.75, 3.05) is 13.2 Å². The van der Waals surface area contributed by atoms with Crippen LogP contribution >= 0.6 is 0 Å². The lowest BCUT2D eigenvalue weighted by Crippen LogP contribution is -2.29. The van der Waals surface area contributed by atoms with Gasteiger partial charge in [-0.15, -0.1) is 0 Å². The minimum Gasteiger partial charge on any atom is -0.507 e. The first kappa shape index (κ1) is 23.8. The molecule has 0 unspecified atom stereocenters. The summed E-state index contributed by atoms with van der Waals surface area (Å²) in [4.78, 5) is 31.9. The molecule has 1 N–H and O–H groups in total. The van der Waals surface area contributed by atoms with Crippen molar-refractivity contribution in [3.63, 3.8) is 0 Å². The molecule has 3 aromatic rings. The lowest BCUT2D eigenvalue weighted by molar-refractivity contribution is -0.140. The number of pyridine rings is 1. The Hall–Kier alpha value is -4.39. The van der Waals surface area contributed by atoms with E-state index in [4.69, 9.17) is 9.47 Å². The summed E-state index contributed by atoms with van der Waals surface area (Å²) in [6, 6.07) is 16.7. The molecule has 7 nitrogen and oxygen atoms in total. The van der Waals surface area contributed by atoms with E-state index in [1.54, 1.807) is 73.1 Å². The fourth-order valence-electron chi connectivity index (χ4n) is 4.01. The van der Waals surface area contributed by atoms with Gasteiger partial charge in [0.1, 0.15) is 23.9 Å². The fraction of sp³-hybridized carbons (Fsp3) is 0.179. The van der Waals surface area contributed by atoms with Crippen LogP contribution in [0.25, 0.3) is 5.76 Å². The molecule has 0 saturated carbocycles. The SMILES string of the molecule is C=CCOc1ccc(C(O)=C2C(=O)C(=O)N(Cc3cccnc3)[C@@H]2c2ccc(OCC)cc2)cc1. The zero-order valence-corrected chi connectivity index (χ0v) is 19.4. The summed E-state index contributed by atoms with van der Waals surface area (Å²) in [7, 11) is 0. The number of rotatable bonds is 9. The van der Waals surface area contributed by atoms with E-state index in [0.29, 0.717) is 35.8 Å². The number of Topliss-reactive ketones (excluding diaryl/α,β-unsaturated/α-hetero) is 1. The van der Waals surface area contributed by atoms with E-state index in [-0.39, 0.29) is 17.9 Å². The number of aliphatic hydroxyl groups is 1. The molecule has 1 aromatic heterocycles. The van der Waals surface area contributed by atoms with Crippen molar-refractivity contribution >= 4 is 17.4 Å². The second kappa shape index (κ2) is 10.7. The normalized spacial score (nSPS) is 16.8. The minimum absolute atomic E-state index is 0.0304. The summed E-state index contributed by atoms with van der Waals surface area (Å²) in [5.41, 5.74) is 1.90. The van der Waals surface area contributed by atoms with Gasteiger partial charge >= 0.3 is 0 Å². The van der Waals surface area contributed by atoms with Crippen LogP contribution in [0, 0.1) is 0 Å². The molecule has 1 amide bonds. The molecule has 178 valence electrons. The highest BCUT2D eigenvalue weighted by atomic mass is 16.5. The molecule has 1 saturated heterocycles. The highest BCUT2D eigenvalue weighted by molar-refractivity contribution is 6.46. The van der Waals surface area contributed by atoms with Gasteiger partial charge in [0.15, 0.2) is 0 Å². The van der Waals surface area contributed by atoms with Crippen LogP contribution in [-0.2, 0) is 16.1 Å². The molecule has 1 aliphatic heterocycles. The van der Waals surface area contributed by atoms with Gasteiger partial charge < -0.3 is 19.5 Å². The Labute approximate surface area is 203 Å². The quantitative estimate of drug-likeness (QED) is 0.212. The summed E-state index contributed by atoms with van der Waals surface area (Å²) in [5, 5.41) is 11.2. The standard InChI is InChI=1S/C28H26N2O5/c1-3-16-35-23-13-9-21(10-14-23)26(31)24-25(20-7-11-22(12-8-20)34-4-2)30(28(33)27(24)32)18-19-6-5-15-29-17-19/h3,5-15,17,25,31H,1,4,16,18H2,2H3/t25-/m1/s1. The molecule has 1 atom stereocenters. The van der Waals surface area contributed by atoms with Gasteiger partial charge in [-0.25, -0.2) is 0 Å². The highest BCUT2D eigenvalue weighted by Gasteiger charge is 2.46. The summed E-state index contributed by atoms with van der Waals surface area (Å²) in [6.45, 7) is 6.55. The number of aliphatic hydroxyl groups excluding tert-OH is 1. The van der Waals surface area contributed by atoms with Crippen LogP contribution in [0.1, 0.15) is 29.7 Å². The highest BCUT2D eigenvalue weighted by Crippen LogP contribution is 2.40. The first-order chi connectivity index (χ1) is 17.0. The molecule has 4 rings (SSSR count). The number of nitrogens with zero attached hydrogens (tertiary/aromatic N) is 2. The maximum absolute atomic E-state index is 13.2. The predicted molar refractivity (Wildman–Crippen MR) is 132 cm³/mol. The Kier molecular flexibility index (Phi) is 7.26. The third-order valence-electron chi connectivity index (χ3n) is 5.62. The second-order valence-electron chi connectivity index (χ2n) is 7.91. The van der Waals surface area contributed by atoms with E-state index < -0.39 is 17.7 Å². The Morgan fingerprint density at radius 1 is 1.06 bits per heavy atom. The maximum atomic E-state index is 13.2. The van der Waals surface area contributed by atoms with Crippen LogP contribution in [0.15, 0.2) is 91.3 Å². The number of amides is 1. The van der Waals surface area contributed by atoms with E-state index in [1.807, 2.05) is 13.0 Å². The molecule has 2 aromatic carbocycles. The van der Waals surface area contributed by atoms with E-state index in [1.165, 1.54) is 4.90 Å². The third kappa shape index (κ3) is 5.09. The minimum atomic E-state index is -0.775. The monoisotopic (exact) mass is 470 g/mol. The Morgan fingerprint density at radius 2 is 1.74 bits per heavy atom. The lowest BCUT2D eigenvalue weighted by Gasteiger charge is -2.25. The molecule has 2 heterocycles. The third-order valence-corrected chi connectivity index (χ3v) is 5.62. The van der Waals surface area contributed by atoms with Crippen LogP contribution < -0.4 is 9.47 Å². The molecular weight excluding hydrogens is 444 g/mol. The maximum Gasteiger partial charge on any atom is 0.295 e. The number of hydrogen-bond donors (Lipinski definition) is 1. The van der Waals surface area contributed by atoms with Crippen LogP contribution in [-0.4, -0.2) is 39.9 Å². The van der Waals surface area contributed by atoms with Crippen LogP contribution in [0.3, 0.4) is 0 Å². The molecule has 1 fully saturated rings. The topological polar surface area (TPSA) is 89.0 Å². The largest absolute Gasteiger partial charge is 0.507 e. The summed E-state index contributed by atoms with van der Waals surface area (Å²) in [5.74, 6) is -0.388. The molecule has 1 aliphatic rings. The van der Waals surface area contributed by atoms with E-state index >= 15 is 0 Å². The predicted octanol–water partition coefficient (Wildman–Crippen LogP) is 4.67. The van der Waals surface area contributed by atoms with Crippen molar-refractivity contribution in [3.05, 3.63) is 108 Å². The summed E-state index contributed by atoms with van der Waals surface area (Å²) < 4.78 is 11.0. The molecule has 35 heavy (non-hydrogen) atoms. The Bertz CT molecular complexity index is 1230. The molecular formula is C28H26N2O5. The first-order valence-electron chi connectivity index (χ1n) is 11.3. The van der Waals surface area contributed by atoms with Crippen LogP contribution in [0.2, 0.25) is 0 Å². The number of hydrogen-bond acceptors (Lipinski definition) is 6. The van der Waals surface area contributed by atoms with E-state index in [9.17, 15) is 14.7 Å². The number of likely N-dealkylation sites (tertiary alicyclic amines) is 1. The van der Waals surface area contributed by atoms with E-state index in [0.717, 1.165) is 5.56 Å². The zero-order chi connectivity index (χ0) is 24.8. The Morgan fingerprint density at radius 3 is 2.37 bits per heavy atom. The van der Waals surface area contributed by atoms with Crippen LogP contribution in [0.5, 0.6) is 11.5 Å². The number of carbonyl (C=O) groups excluding carboxylic acids is 2. The summed E-state index contributed by atoms with van der Waals surface area (Å²) >= 11 is 0. The zero-order valence-electron chi connectivity index (χ0n) is 19.4. The van der Waals surface area contributed by atoms with Gasteiger partial charge in [-0.1, -0.05) is 30.9 Å². The van der Waals surface area contributed by atoms with Gasteiger partial charge in [0.25, 0.3) is 11.7 Å². The fourth-order valence-corrected chi connectivity index (χ4v) is 4.01. The van der Waals surface area contributed by atoms with E-state index in [2.05, 4.69) is 11.6 Å². The van der Waals surface area contributed by atoms with Crippen molar-refractivity contribution in [3.8, 4) is 11.5 Å². The van der Waals surface area contributed by atoms with Gasteiger partial charge in [-0.05, 0) is 60.5 Å². The second-order valence-corrected chi connectivity index (χ2v) is 7.91. The van der Waals surface area contributed by atoms with Crippen molar-refractivity contribution in [2.24, 2.45) is 0 Å². The number of ketones is 1. The lowest BCUT2D eigenvalue weighted by atomic mass is 9.95. The van der Waals surface area contributed by atoms with Gasteiger partial charge in [0.2, 0.25) is 0 Å². The number of ether oxygens (including phenoxy) is 2. The number of aromatic nitrogens is 1. The van der Waals surface area contributed by atoms with Gasteiger partial charge in [0.05, 0.1) is 18.2 Å². The van der Waals surface area contributed by atoms with Crippen LogP contribution in [0.4, 0.5) is 0 Å². The van der Waals surface area contributed by atoms with Crippen molar-refractivity contribution in [1.29, 1.82) is 0 Å². The Balaban J connectivity index is 1.77. The van der Waals surface area contributed by atoms with Gasteiger partial charge in [-0.2, -0.15) is 0 Å². The van der Waals surface area contributed by atoms with Crippen molar-refractivity contribution in [1.82, 2.24) is 9.88 Å². The summed E-state index contributed by atoms with van der Waals surface area (Å²) in [6.07, 6.45) is 4.93. The average molecular weight is 471 g/mol. The van der Waals surface area contributed by atoms with Gasteiger partial charge in [-0.3, -0.25) is 14.6 Å². The molecule has 7 heteroatoms. The first-order valence-corrected chi connectivity index (χ1v) is 11.3. The van der Waals surface area contributed by atoms with Gasteiger partial charge in [0, 0.05) is 24.5 Å². The molecule has 0 radical (unpaired) electrons. The molecule has 0 spiro atoms. The smallest absolute Gasteiger partial charge is 0.295 e. The molecule has 0 bridgehead atoms. The van der Waals surface area contributed by atoms with Crippen molar-refractivity contribution in [2.45, 2.75) is 19.5 Å². The average Bonchev–Trinajstić information content (AvgIpc) is 3.13. The van der Waals surface area contributed by atoms with Crippen molar-refractivity contribution < 1.29 is 24.2 Å². The number of benzene rings is 2. The molecule has 0 aliphatic carbocycles. The number of carbonyl (C=O) groups is 2.